The van der Waals surface area contributed by atoms with Gasteiger partial charge in [-0.2, -0.15) is 0 Å². The van der Waals surface area contributed by atoms with Gasteiger partial charge >= 0.3 is 6.09 Å². The standard InChI is InChI=1S/C28H34FN5O2S/c1-2-36-28(35)34-17-14-20(15-18-34)26-33-24(19-9-11-21(29)12-10-19)25(37-26)23-13-16-30-27(32-23)31-22-7-5-3-4-6-8-22/h9-13,16,20,22H,2-8,14-15,17-18H2,1H3,(H,30,31,32). The maximum atomic E-state index is 13.7. The summed E-state index contributed by atoms with van der Waals surface area (Å²) in [6, 6.07) is 8.80. The van der Waals surface area contributed by atoms with E-state index in [1.807, 2.05) is 13.0 Å². The molecule has 0 radical (unpaired) electrons. The lowest BCUT2D eigenvalue weighted by Crippen LogP contribution is -2.38. The highest BCUT2D eigenvalue weighted by atomic mass is 32.1. The van der Waals surface area contributed by atoms with Gasteiger partial charge in [-0.15, -0.1) is 11.3 Å². The number of carbonyl (C=O) groups excluding carboxylic acids is 1. The van der Waals surface area contributed by atoms with Crippen molar-refractivity contribution in [2.75, 3.05) is 25.0 Å². The zero-order valence-electron chi connectivity index (χ0n) is 21.3. The van der Waals surface area contributed by atoms with Gasteiger partial charge in [0.25, 0.3) is 0 Å². The van der Waals surface area contributed by atoms with Crippen LogP contribution in [0.2, 0.25) is 0 Å². The number of aromatic nitrogens is 3. The van der Waals surface area contributed by atoms with Crippen molar-refractivity contribution < 1.29 is 13.9 Å². The van der Waals surface area contributed by atoms with Crippen molar-refractivity contribution in [3.8, 4) is 21.8 Å². The van der Waals surface area contributed by atoms with Crippen molar-refractivity contribution in [1.82, 2.24) is 19.9 Å². The molecular weight excluding hydrogens is 489 g/mol. The lowest BCUT2D eigenvalue weighted by atomic mass is 9.98. The maximum absolute atomic E-state index is 13.7. The Morgan fingerprint density at radius 1 is 1.05 bits per heavy atom. The first-order valence-corrected chi connectivity index (χ1v) is 14.2. The molecular formula is C28H34FN5O2S. The average Bonchev–Trinajstić information content (AvgIpc) is 3.21. The molecule has 5 rings (SSSR count). The summed E-state index contributed by atoms with van der Waals surface area (Å²) in [7, 11) is 0. The number of likely N-dealkylation sites (tertiary alicyclic amines) is 1. The van der Waals surface area contributed by atoms with Crippen LogP contribution in [0.15, 0.2) is 36.5 Å². The second-order valence-electron chi connectivity index (χ2n) is 9.80. The number of thiazole rings is 1. The molecule has 9 heteroatoms. The smallest absolute Gasteiger partial charge is 0.409 e. The summed E-state index contributed by atoms with van der Waals surface area (Å²) in [5.74, 6) is 0.616. The molecule has 3 aromatic rings. The van der Waals surface area contributed by atoms with Crippen LogP contribution in [-0.2, 0) is 4.74 Å². The quantitative estimate of drug-likeness (QED) is 0.355. The van der Waals surface area contributed by atoms with E-state index in [1.165, 1.54) is 37.8 Å². The Morgan fingerprint density at radius 3 is 2.49 bits per heavy atom. The lowest BCUT2D eigenvalue weighted by Gasteiger charge is -2.30. The highest BCUT2D eigenvalue weighted by molar-refractivity contribution is 7.15. The molecule has 3 heterocycles. The lowest BCUT2D eigenvalue weighted by molar-refractivity contribution is 0.0970. The van der Waals surface area contributed by atoms with Crippen molar-refractivity contribution in [1.29, 1.82) is 0 Å². The second-order valence-corrected chi connectivity index (χ2v) is 10.8. The number of nitrogens with one attached hydrogen (secondary N) is 1. The highest BCUT2D eigenvalue weighted by Gasteiger charge is 2.28. The molecule has 0 atom stereocenters. The van der Waals surface area contributed by atoms with Crippen LogP contribution in [0.3, 0.4) is 0 Å². The van der Waals surface area contributed by atoms with Gasteiger partial charge in [0.2, 0.25) is 5.95 Å². The molecule has 2 aliphatic rings. The molecule has 0 unspecified atom stereocenters. The Labute approximate surface area is 221 Å². The molecule has 1 aromatic carbocycles. The van der Waals surface area contributed by atoms with Crippen LogP contribution in [0.25, 0.3) is 21.8 Å². The van der Waals surface area contributed by atoms with Gasteiger partial charge in [0, 0.05) is 36.8 Å². The van der Waals surface area contributed by atoms with Crippen molar-refractivity contribution >= 4 is 23.4 Å². The van der Waals surface area contributed by atoms with Gasteiger partial charge in [0.05, 0.1) is 27.9 Å². The highest BCUT2D eigenvalue weighted by Crippen LogP contribution is 2.41. The third-order valence-electron chi connectivity index (χ3n) is 7.21. The van der Waals surface area contributed by atoms with E-state index in [2.05, 4.69) is 10.3 Å². The molecule has 1 saturated carbocycles. The number of piperidine rings is 1. The fraction of sp³-hybridized carbons (Fsp3) is 0.500. The zero-order chi connectivity index (χ0) is 25.6. The number of nitrogens with zero attached hydrogens (tertiary/aromatic N) is 4. The van der Waals surface area contributed by atoms with Crippen LogP contribution >= 0.6 is 11.3 Å². The largest absolute Gasteiger partial charge is 0.450 e. The number of benzene rings is 1. The summed E-state index contributed by atoms with van der Waals surface area (Å²) in [5, 5.41) is 4.58. The van der Waals surface area contributed by atoms with Crippen molar-refractivity contribution in [3.63, 3.8) is 0 Å². The molecule has 2 fully saturated rings. The summed E-state index contributed by atoms with van der Waals surface area (Å²) >= 11 is 1.64. The number of hydrogen-bond acceptors (Lipinski definition) is 7. The third kappa shape index (κ3) is 6.26. The minimum atomic E-state index is -0.274. The topological polar surface area (TPSA) is 80.2 Å². The Balaban J connectivity index is 1.41. The normalized spacial score (nSPS) is 17.4. The van der Waals surface area contributed by atoms with E-state index < -0.39 is 0 Å². The third-order valence-corrected chi connectivity index (χ3v) is 8.45. The molecule has 1 N–H and O–H groups in total. The van der Waals surface area contributed by atoms with E-state index in [-0.39, 0.29) is 17.8 Å². The van der Waals surface area contributed by atoms with Crippen LogP contribution in [0.4, 0.5) is 15.1 Å². The summed E-state index contributed by atoms with van der Waals surface area (Å²) in [6.45, 7) is 3.50. The minimum Gasteiger partial charge on any atom is -0.450 e. The van der Waals surface area contributed by atoms with Gasteiger partial charge in [-0.05, 0) is 62.9 Å². The molecule has 0 spiro atoms. The van der Waals surface area contributed by atoms with Crippen molar-refractivity contribution in [2.45, 2.75) is 70.3 Å². The summed E-state index contributed by atoms with van der Waals surface area (Å²) in [5.41, 5.74) is 2.49. The molecule has 1 aliphatic heterocycles. The minimum absolute atomic E-state index is 0.244. The molecule has 1 amide bonds. The van der Waals surface area contributed by atoms with Crippen LogP contribution in [-0.4, -0.2) is 51.7 Å². The average molecular weight is 524 g/mol. The SMILES string of the molecule is CCOC(=O)N1CCC(c2nc(-c3ccc(F)cc3)c(-c3ccnc(NC4CCCCCC4)n3)s2)CC1. The molecule has 37 heavy (non-hydrogen) atoms. The van der Waals surface area contributed by atoms with E-state index in [0.717, 1.165) is 52.5 Å². The van der Waals surface area contributed by atoms with Crippen LogP contribution in [0.1, 0.15) is 69.2 Å². The first kappa shape index (κ1) is 25.6. The van der Waals surface area contributed by atoms with Crippen molar-refractivity contribution in [3.05, 3.63) is 47.4 Å². The van der Waals surface area contributed by atoms with Crippen molar-refractivity contribution in [2.24, 2.45) is 0 Å². The molecule has 2 aromatic heterocycles. The predicted octanol–water partition coefficient (Wildman–Crippen LogP) is 6.88. The molecule has 196 valence electrons. The second kappa shape index (κ2) is 12.0. The first-order valence-electron chi connectivity index (χ1n) is 13.4. The van der Waals surface area contributed by atoms with Gasteiger partial charge in [-0.1, -0.05) is 25.7 Å². The van der Waals surface area contributed by atoms with Crippen LogP contribution in [0.5, 0.6) is 0 Å². The predicted molar refractivity (Wildman–Crippen MR) is 144 cm³/mol. The fourth-order valence-electron chi connectivity index (χ4n) is 5.17. The van der Waals surface area contributed by atoms with Gasteiger partial charge in [0.1, 0.15) is 5.82 Å². The Hall–Kier alpha value is -3.07. The van der Waals surface area contributed by atoms with Gasteiger partial charge in [-0.3, -0.25) is 0 Å². The summed E-state index contributed by atoms with van der Waals surface area (Å²) < 4.78 is 18.9. The van der Waals surface area contributed by atoms with E-state index in [1.54, 1.807) is 34.6 Å². The molecule has 7 nitrogen and oxygen atoms in total. The van der Waals surface area contributed by atoms with E-state index in [0.29, 0.717) is 31.7 Å². The van der Waals surface area contributed by atoms with Gasteiger partial charge in [-0.25, -0.2) is 24.1 Å². The Morgan fingerprint density at radius 2 is 1.78 bits per heavy atom. The number of carbonyl (C=O) groups is 1. The molecule has 1 saturated heterocycles. The number of hydrogen-bond donors (Lipinski definition) is 1. The van der Waals surface area contributed by atoms with E-state index in [4.69, 9.17) is 14.7 Å². The molecule has 0 bridgehead atoms. The van der Waals surface area contributed by atoms with Gasteiger partial charge < -0.3 is 15.0 Å². The Bertz CT molecular complexity index is 1190. The van der Waals surface area contributed by atoms with Gasteiger partial charge in [0.15, 0.2) is 0 Å². The molecule has 1 aliphatic carbocycles. The van der Waals surface area contributed by atoms with Crippen LogP contribution < -0.4 is 5.32 Å². The Kier molecular flexibility index (Phi) is 8.28. The fourth-order valence-corrected chi connectivity index (χ4v) is 6.40. The number of rotatable bonds is 6. The number of ether oxygens (including phenoxy) is 1. The van der Waals surface area contributed by atoms with E-state index >= 15 is 0 Å². The number of halogens is 1. The number of anilines is 1. The monoisotopic (exact) mass is 523 g/mol. The summed E-state index contributed by atoms with van der Waals surface area (Å²) in [4.78, 5) is 29.3. The first-order chi connectivity index (χ1) is 18.1. The summed E-state index contributed by atoms with van der Waals surface area (Å²) in [6.07, 6.45) is 10.5. The zero-order valence-corrected chi connectivity index (χ0v) is 22.1. The number of amides is 1. The van der Waals surface area contributed by atoms with E-state index in [9.17, 15) is 9.18 Å². The van der Waals surface area contributed by atoms with Crippen LogP contribution in [0, 0.1) is 5.82 Å². The maximum Gasteiger partial charge on any atom is 0.409 e.